The predicted octanol–water partition coefficient (Wildman–Crippen LogP) is 3.10. The molecule has 4 nitrogen and oxygen atoms in total. The Morgan fingerprint density at radius 3 is 2.44 bits per heavy atom. The zero-order chi connectivity index (χ0) is 13.3. The third-order valence-electron chi connectivity index (χ3n) is 2.60. The van der Waals surface area contributed by atoms with Gasteiger partial charge >= 0.3 is 0 Å². The summed E-state index contributed by atoms with van der Waals surface area (Å²) in [6.45, 7) is 8.45. The van der Waals surface area contributed by atoms with Gasteiger partial charge in [0.05, 0.1) is 10.6 Å². The number of aryl methyl sites for hydroxylation is 1. The molecular weight excluding hydrogens is 244 g/mol. The zero-order valence-corrected chi connectivity index (χ0v) is 11.9. The Hall–Kier alpha value is -1.46. The molecule has 5 heteroatoms. The number of nitrogens with one attached hydrogen (secondary N) is 1. The van der Waals surface area contributed by atoms with Crippen LogP contribution in [-0.2, 0) is 5.41 Å². The number of hydrogen-bond donors (Lipinski definition) is 2. The molecule has 0 atom stereocenters. The molecule has 0 spiro atoms. The number of hydrazine groups is 1. The molecule has 0 unspecified atom stereocenters. The molecule has 2 heterocycles. The zero-order valence-electron chi connectivity index (χ0n) is 11.1. The quantitative estimate of drug-likeness (QED) is 0.645. The van der Waals surface area contributed by atoms with Gasteiger partial charge in [0.15, 0.2) is 5.82 Å². The molecule has 3 N–H and O–H groups in total. The highest BCUT2D eigenvalue weighted by atomic mass is 32.1. The highest BCUT2D eigenvalue weighted by Crippen LogP contribution is 2.29. The van der Waals surface area contributed by atoms with Crippen molar-refractivity contribution >= 4 is 17.2 Å². The fourth-order valence-corrected chi connectivity index (χ4v) is 2.37. The summed E-state index contributed by atoms with van der Waals surface area (Å²) in [5, 5.41) is 0. The lowest BCUT2D eigenvalue weighted by atomic mass is 9.92. The van der Waals surface area contributed by atoms with Crippen LogP contribution in [0.4, 0.5) is 5.82 Å². The van der Waals surface area contributed by atoms with Crippen molar-refractivity contribution in [3.05, 3.63) is 28.8 Å². The van der Waals surface area contributed by atoms with Gasteiger partial charge in [-0.25, -0.2) is 15.8 Å². The number of nitrogens with two attached hydrogens (primary N) is 1. The normalized spacial score (nSPS) is 11.6. The first kappa shape index (κ1) is 13.0. The maximum absolute atomic E-state index is 5.48. The van der Waals surface area contributed by atoms with Crippen LogP contribution in [0, 0.1) is 6.92 Å². The van der Waals surface area contributed by atoms with Crippen molar-refractivity contribution in [1.29, 1.82) is 0 Å². The summed E-state index contributed by atoms with van der Waals surface area (Å²) in [5.74, 6) is 6.86. The summed E-state index contributed by atoms with van der Waals surface area (Å²) >= 11 is 1.69. The summed E-state index contributed by atoms with van der Waals surface area (Å²) < 4.78 is 0. The van der Waals surface area contributed by atoms with Crippen molar-refractivity contribution in [3.63, 3.8) is 0 Å². The number of aromatic nitrogens is 2. The molecule has 0 fully saturated rings. The first-order valence-corrected chi connectivity index (χ1v) is 6.65. The summed E-state index contributed by atoms with van der Waals surface area (Å²) in [6, 6.07) is 6.01. The minimum Gasteiger partial charge on any atom is -0.308 e. The molecule has 0 radical (unpaired) electrons. The fourth-order valence-electron chi connectivity index (χ4n) is 1.57. The van der Waals surface area contributed by atoms with Crippen LogP contribution in [0.2, 0.25) is 0 Å². The minimum absolute atomic E-state index is 0.0321. The lowest BCUT2D eigenvalue weighted by molar-refractivity contribution is 0.568. The number of nitrogens with zero attached hydrogens (tertiary/aromatic N) is 2. The minimum atomic E-state index is -0.0321. The van der Waals surface area contributed by atoms with Gasteiger partial charge in [-0.1, -0.05) is 20.8 Å². The van der Waals surface area contributed by atoms with Crippen LogP contribution in [-0.4, -0.2) is 9.97 Å². The van der Waals surface area contributed by atoms with E-state index in [1.165, 1.54) is 4.88 Å². The van der Waals surface area contributed by atoms with E-state index in [1.54, 1.807) is 11.3 Å². The second-order valence-electron chi connectivity index (χ2n) is 5.27. The van der Waals surface area contributed by atoms with E-state index in [1.807, 2.05) is 12.1 Å². The van der Waals surface area contributed by atoms with E-state index >= 15 is 0 Å². The summed E-state index contributed by atoms with van der Waals surface area (Å²) in [5.41, 5.74) is 3.56. The summed E-state index contributed by atoms with van der Waals surface area (Å²) in [6.07, 6.45) is 0. The fraction of sp³-hybridized carbons (Fsp3) is 0.385. The molecule has 0 saturated carbocycles. The maximum atomic E-state index is 5.48. The average Bonchev–Trinajstić information content (AvgIpc) is 2.74. The predicted molar refractivity (Wildman–Crippen MR) is 76.6 cm³/mol. The number of thiophene rings is 1. The Morgan fingerprint density at radius 1 is 1.22 bits per heavy atom. The SMILES string of the molecule is Cc1ccc(-c2nc(NN)cc(C(C)(C)C)n2)s1. The highest BCUT2D eigenvalue weighted by molar-refractivity contribution is 7.15. The first-order chi connectivity index (χ1) is 8.40. The van der Waals surface area contributed by atoms with Gasteiger partial charge in [0.25, 0.3) is 0 Å². The van der Waals surface area contributed by atoms with Gasteiger partial charge in [0, 0.05) is 16.4 Å². The van der Waals surface area contributed by atoms with E-state index in [0.29, 0.717) is 5.82 Å². The molecular formula is C13H18N4S. The molecule has 2 aromatic rings. The molecule has 0 aliphatic rings. The van der Waals surface area contributed by atoms with Crippen LogP contribution in [0.3, 0.4) is 0 Å². The van der Waals surface area contributed by atoms with Crippen molar-refractivity contribution in [2.24, 2.45) is 5.84 Å². The summed E-state index contributed by atoms with van der Waals surface area (Å²) in [4.78, 5) is 11.4. The number of rotatable bonds is 2. The Bertz CT molecular complexity index is 554. The lowest BCUT2D eigenvalue weighted by Crippen LogP contribution is -2.17. The van der Waals surface area contributed by atoms with E-state index in [2.05, 4.69) is 49.2 Å². The Morgan fingerprint density at radius 2 is 1.94 bits per heavy atom. The number of anilines is 1. The third-order valence-corrected chi connectivity index (χ3v) is 3.60. The van der Waals surface area contributed by atoms with Gasteiger partial charge in [-0.15, -0.1) is 11.3 Å². The van der Waals surface area contributed by atoms with Gasteiger partial charge < -0.3 is 5.43 Å². The van der Waals surface area contributed by atoms with Crippen LogP contribution in [0.25, 0.3) is 10.7 Å². The standard InChI is InChI=1S/C13H18N4S/c1-8-5-6-9(18-8)12-15-10(13(2,3)4)7-11(16-12)17-14/h5-7H,14H2,1-4H3,(H,15,16,17). The molecule has 0 saturated heterocycles. The highest BCUT2D eigenvalue weighted by Gasteiger charge is 2.18. The van der Waals surface area contributed by atoms with Crippen LogP contribution >= 0.6 is 11.3 Å². The smallest absolute Gasteiger partial charge is 0.171 e. The van der Waals surface area contributed by atoms with Crippen molar-refractivity contribution in [1.82, 2.24) is 9.97 Å². The van der Waals surface area contributed by atoms with Gasteiger partial charge in [-0.2, -0.15) is 0 Å². The van der Waals surface area contributed by atoms with E-state index in [0.717, 1.165) is 16.4 Å². The lowest BCUT2D eigenvalue weighted by Gasteiger charge is -2.19. The molecule has 0 aliphatic heterocycles. The second-order valence-corrected chi connectivity index (χ2v) is 6.55. The van der Waals surface area contributed by atoms with Gasteiger partial charge in [0.2, 0.25) is 0 Å². The van der Waals surface area contributed by atoms with Gasteiger partial charge in [-0.3, -0.25) is 0 Å². The first-order valence-electron chi connectivity index (χ1n) is 5.83. The molecule has 0 bridgehead atoms. The van der Waals surface area contributed by atoms with E-state index in [9.17, 15) is 0 Å². The largest absolute Gasteiger partial charge is 0.308 e. The average molecular weight is 262 g/mol. The van der Waals surface area contributed by atoms with E-state index < -0.39 is 0 Å². The molecule has 0 aliphatic carbocycles. The van der Waals surface area contributed by atoms with Crippen LogP contribution in [0.1, 0.15) is 31.3 Å². The Kier molecular flexibility index (Phi) is 3.36. The number of nitrogen functional groups attached to an aromatic ring is 1. The molecule has 2 aromatic heterocycles. The second kappa shape index (κ2) is 4.66. The van der Waals surface area contributed by atoms with Crippen LogP contribution in [0.5, 0.6) is 0 Å². The molecule has 0 aromatic carbocycles. The van der Waals surface area contributed by atoms with Crippen LogP contribution < -0.4 is 11.3 Å². The maximum Gasteiger partial charge on any atom is 0.171 e. The van der Waals surface area contributed by atoms with E-state index in [4.69, 9.17) is 5.84 Å². The van der Waals surface area contributed by atoms with Gasteiger partial charge in [-0.05, 0) is 19.1 Å². The molecule has 2 rings (SSSR count). The summed E-state index contributed by atoms with van der Waals surface area (Å²) in [7, 11) is 0. The molecule has 96 valence electrons. The van der Waals surface area contributed by atoms with Crippen LogP contribution in [0.15, 0.2) is 18.2 Å². The Labute approximate surface area is 111 Å². The van der Waals surface area contributed by atoms with Crippen molar-refractivity contribution in [2.45, 2.75) is 33.1 Å². The van der Waals surface area contributed by atoms with Gasteiger partial charge in [0.1, 0.15) is 5.82 Å². The topological polar surface area (TPSA) is 63.8 Å². The van der Waals surface area contributed by atoms with E-state index in [-0.39, 0.29) is 5.41 Å². The molecule has 18 heavy (non-hydrogen) atoms. The van der Waals surface area contributed by atoms with Crippen molar-refractivity contribution < 1.29 is 0 Å². The monoisotopic (exact) mass is 262 g/mol. The third kappa shape index (κ3) is 2.68. The van der Waals surface area contributed by atoms with Crippen molar-refractivity contribution in [3.8, 4) is 10.7 Å². The molecule has 0 amide bonds. The van der Waals surface area contributed by atoms with Crippen molar-refractivity contribution in [2.75, 3.05) is 5.43 Å². The number of hydrogen-bond acceptors (Lipinski definition) is 5. The Balaban J connectivity index is 2.54.